The van der Waals surface area contributed by atoms with E-state index in [1.165, 1.54) is 9.78 Å². The van der Waals surface area contributed by atoms with E-state index in [1.54, 1.807) is 23.5 Å². The first-order chi connectivity index (χ1) is 14.0. The van der Waals surface area contributed by atoms with Crippen LogP contribution in [-0.2, 0) is 4.79 Å². The van der Waals surface area contributed by atoms with E-state index in [0.717, 1.165) is 11.1 Å². The van der Waals surface area contributed by atoms with E-state index in [1.807, 2.05) is 53.9 Å². The molecule has 0 aliphatic rings. The minimum absolute atomic E-state index is 0.0425. The van der Waals surface area contributed by atoms with Crippen molar-refractivity contribution in [2.75, 3.05) is 27.2 Å². The number of benzene rings is 2. The van der Waals surface area contributed by atoms with Crippen LogP contribution in [0.4, 0.5) is 0 Å². The Bertz CT molecular complexity index is 923. The van der Waals surface area contributed by atoms with Crippen molar-refractivity contribution >= 4 is 23.2 Å². The molecule has 3 rings (SSSR count). The molecule has 1 atom stereocenters. The van der Waals surface area contributed by atoms with E-state index in [2.05, 4.69) is 30.8 Å². The number of thiophene rings is 1. The van der Waals surface area contributed by atoms with Crippen molar-refractivity contribution in [3.8, 4) is 11.1 Å². The number of quaternary nitrogens is 1. The van der Waals surface area contributed by atoms with Crippen LogP contribution in [0.3, 0.4) is 0 Å². The maximum Gasteiger partial charge on any atom is 0.251 e. The number of carbonyl (C=O) groups excluding carboxylic acids is 2. The fraction of sp³-hybridized carbons (Fsp3) is 0.217. The molecule has 3 N–H and O–H groups in total. The Hall–Kier alpha value is -2.96. The summed E-state index contributed by atoms with van der Waals surface area (Å²) in [7, 11) is 4.13. The fourth-order valence-electron chi connectivity index (χ4n) is 3.06. The summed E-state index contributed by atoms with van der Waals surface area (Å²) in [5, 5.41) is 7.65. The van der Waals surface area contributed by atoms with Crippen LogP contribution in [0.15, 0.2) is 72.1 Å². The van der Waals surface area contributed by atoms with Gasteiger partial charge < -0.3 is 15.5 Å². The molecule has 0 saturated carbocycles. The van der Waals surface area contributed by atoms with Crippen LogP contribution in [0.2, 0.25) is 0 Å². The molecular formula is C23H26N3O2S+. The van der Waals surface area contributed by atoms with Crippen LogP contribution in [0, 0.1) is 0 Å². The van der Waals surface area contributed by atoms with Gasteiger partial charge in [-0.15, -0.1) is 11.3 Å². The van der Waals surface area contributed by atoms with Gasteiger partial charge in [0.1, 0.15) is 6.04 Å². The molecule has 29 heavy (non-hydrogen) atoms. The van der Waals surface area contributed by atoms with Crippen molar-refractivity contribution in [3.05, 3.63) is 82.6 Å². The molecule has 2 aromatic carbocycles. The Morgan fingerprint density at radius 2 is 1.59 bits per heavy atom. The quantitative estimate of drug-likeness (QED) is 0.535. The topological polar surface area (TPSA) is 62.6 Å². The molecule has 1 aromatic heterocycles. The van der Waals surface area contributed by atoms with Gasteiger partial charge in [-0.2, -0.15) is 0 Å². The molecule has 3 aromatic rings. The zero-order valence-corrected chi connectivity index (χ0v) is 17.5. The molecule has 0 radical (unpaired) electrons. The monoisotopic (exact) mass is 408 g/mol. The average molecular weight is 409 g/mol. The van der Waals surface area contributed by atoms with E-state index in [0.29, 0.717) is 12.1 Å². The molecule has 5 nitrogen and oxygen atoms in total. The second-order valence-corrected chi connectivity index (χ2v) is 8.05. The molecule has 0 aliphatic carbocycles. The van der Waals surface area contributed by atoms with Gasteiger partial charge in [0.05, 0.1) is 32.1 Å². The lowest BCUT2D eigenvalue weighted by molar-refractivity contribution is -0.890. The fourth-order valence-corrected chi connectivity index (χ4v) is 4.02. The van der Waals surface area contributed by atoms with Crippen molar-refractivity contribution in [2.45, 2.75) is 6.04 Å². The number of amides is 2. The SMILES string of the molecule is C[NH+](C)[C@H](CNC(=O)CNC(=O)c1ccc(-c2ccccc2)cc1)c1cccs1. The Kier molecular flexibility index (Phi) is 7.16. The third-order valence-electron chi connectivity index (χ3n) is 4.75. The highest BCUT2D eigenvalue weighted by Crippen LogP contribution is 2.19. The number of carbonyl (C=O) groups is 2. The van der Waals surface area contributed by atoms with Crippen LogP contribution in [-0.4, -0.2) is 39.0 Å². The van der Waals surface area contributed by atoms with Crippen LogP contribution in [0.1, 0.15) is 21.3 Å². The molecule has 0 aliphatic heterocycles. The Balaban J connectivity index is 1.49. The zero-order valence-electron chi connectivity index (χ0n) is 16.6. The predicted octanol–water partition coefficient (Wildman–Crippen LogP) is 2.15. The molecule has 0 unspecified atom stereocenters. The lowest BCUT2D eigenvalue weighted by atomic mass is 10.0. The smallest absolute Gasteiger partial charge is 0.251 e. The van der Waals surface area contributed by atoms with Crippen LogP contribution in [0.5, 0.6) is 0 Å². The van der Waals surface area contributed by atoms with Crippen LogP contribution >= 0.6 is 11.3 Å². The van der Waals surface area contributed by atoms with Crippen LogP contribution in [0.25, 0.3) is 11.1 Å². The van der Waals surface area contributed by atoms with Gasteiger partial charge in [-0.1, -0.05) is 48.5 Å². The number of hydrogen-bond acceptors (Lipinski definition) is 3. The number of rotatable bonds is 8. The summed E-state index contributed by atoms with van der Waals surface area (Å²) in [4.78, 5) is 27.0. The first kappa shape index (κ1) is 20.8. The normalized spacial score (nSPS) is 11.8. The van der Waals surface area contributed by atoms with Gasteiger partial charge in [0.15, 0.2) is 0 Å². The molecule has 6 heteroatoms. The van der Waals surface area contributed by atoms with Gasteiger partial charge in [0, 0.05) is 5.56 Å². The van der Waals surface area contributed by atoms with Crippen LogP contribution < -0.4 is 15.5 Å². The summed E-state index contributed by atoms with van der Waals surface area (Å²) in [5.41, 5.74) is 2.68. The Morgan fingerprint density at radius 3 is 2.21 bits per heavy atom. The summed E-state index contributed by atoms with van der Waals surface area (Å²) in [5.74, 6) is -0.449. The lowest BCUT2D eigenvalue weighted by Gasteiger charge is -2.20. The molecule has 1 heterocycles. The van der Waals surface area contributed by atoms with Gasteiger partial charge >= 0.3 is 0 Å². The summed E-state index contributed by atoms with van der Waals surface area (Å²) in [6.45, 7) is 0.489. The molecule has 0 saturated heterocycles. The molecule has 0 bridgehead atoms. The molecule has 0 spiro atoms. The molecule has 150 valence electrons. The highest BCUT2D eigenvalue weighted by molar-refractivity contribution is 7.10. The molecule has 2 amide bonds. The van der Waals surface area contributed by atoms with Crippen molar-refractivity contribution in [1.82, 2.24) is 10.6 Å². The van der Waals surface area contributed by atoms with Gasteiger partial charge in [-0.3, -0.25) is 9.59 Å². The zero-order chi connectivity index (χ0) is 20.6. The van der Waals surface area contributed by atoms with Gasteiger partial charge in [-0.25, -0.2) is 0 Å². The second kappa shape index (κ2) is 10.0. The largest absolute Gasteiger partial charge is 0.348 e. The van der Waals surface area contributed by atoms with Crippen molar-refractivity contribution < 1.29 is 14.5 Å². The molecule has 0 fully saturated rings. The van der Waals surface area contributed by atoms with E-state index in [9.17, 15) is 9.59 Å². The molecular weight excluding hydrogens is 382 g/mol. The summed E-state index contributed by atoms with van der Waals surface area (Å²) < 4.78 is 0. The van der Waals surface area contributed by atoms with E-state index in [-0.39, 0.29) is 24.4 Å². The summed E-state index contributed by atoms with van der Waals surface area (Å²) >= 11 is 1.68. The van der Waals surface area contributed by atoms with Crippen molar-refractivity contribution in [3.63, 3.8) is 0 Å². The predicted molar refractivity (Wildman–Crippen MR) is 117 cm³/mol. The third kappa shape index (κ3) is 5.76. The van der Waals surface area contributed by atoms with Crippen molar-refractivity contribution in [1.29, 1.82) is 0 Å². The summed E-state index contributed by atoms with van der Waals surface area (Å²) in [6.07, 6.45) is 0. The minimum atomic E-state index is -0.257. The minimum Gasteiger partial charge on any atom is -0.348 e. The Labute approximate surface area is 175 Å². The highest BCUT2D eigenvalue weighted by atomic mass is 32.1. The number of hydrogen-bond donors (Lipinski definition) is 3. The maximum absolute atomic E-state index is 12.3. The number of nitrogens with one attached hydrogen (secondary N) is 3. The highest BCUT2D eigenvalue weighted by Gasteiger charge is 2.19. The van der Waals surface area contributed by atoms with E-state index in [4.69, 9.17) is 0 Å². The standard InChI is InChI=1S/C23H25N3O2S/c1-26(2)20(21-9-6-14-29-21)15-24-22(27)16-25-23(28)19-12-10-18(11-13-19)17-7-4-3-5-8-17/h3-14,20H,15-16H2,1-2H3,(H,24,27)(H,25,28)/p+1/t20-/m1/s1. The first-order valence-electron chi connectivity index (χ1n) is 9.58. The Morgan fingerprint density at radius 1 is 0.897 bits per heavy atom. The van der Waals surface area contributed by atoms with Gasteiger partial charge in [0.25, 0.3) is 5.91 Å². The third-order valence-corrected chi connectivity index (χ3v) is 5.74. The maximum atomic E-state index is 12.3. The van der Waals surface area contributed by atoms with Gasteiger partial charge in [0.2, 0.25) is 5.91 Å². The van der Waals surface area contributed by atoms with Crippen molar-refractivity contribution in [2.24, 2.45) is 0 Å². The lowest BCUT2D eigenvalue weighted by Crippen LogP contribution is -3.06. The number of likely N-dealkylation sites (N-methyl/N-ethyl adjacent to an activating group) is 1. The second-order valence-electron chi connectivity index (χ2n) is 7.08. The summed E-state index contributed by atoms with van der Waals surface area (Å²) in [6, 6.07) is 21.7. The van der Waals surface area contributed by atoms with E-state index >= 15 is 0 Å². The van der Waals surface area contributed by atoms with E-state index < -0.39 is 0 Å². The average Bonchev–Trinajstić information content (AvgIpc) is 3.27. The first-order valence-corrected chi connectivity index (χ1v) is 10.5. The van der Waals surface area contributed by atoms with Gasteiger partial charge in [-0.05, 0) is 34.7 Å².